The van der Waals surface area contributed by atoms with Crippen LogP contribution in [0.4, 0.5) is 8.78 Å². The van der Waals surface area contributed by atoms with E-state index in [0.717, 1.165) is 12.1 Å². The van der Waals surface area contributed by atoms with Crippen LogP contribution < -0.4 is 0 Å². The number of hydrogen-bond donors (Lipinski definition) is 0. The summed E-state index contributed by atoms with van der Waals surface area (Å²) in [4.78, 5) is 12.2. The summed E-state index contributed by atoms with van der Waals surface area (Å²) >= 11 is 8.97. The Morgan fingerprint density at radius 1 is 1.16 bits per heavy atom. The molecule has 0 spiro atoms. The monoisotopic (exact) mass is 344 g/mol. The van der Waals surface area contributed by atoms with Crippen molar-refractivity contribution in [2.24, 2.45) is 0 Å². The normalized spacial score (nSPS) is 10.6. The molecule has 0 aliphatic heterocycles. The van der Waals surface area contributed by atoms with Crippen LogP contribution in [0.25, 0.3) is 0 Å². The third-order valence-corrected chi connectivity index (χ3v) is 3.39. The van der Waals surface area contributed by atoms with Crippen molar-refractivity contribution in [3.8, 4) is 0 Å². The van der Waals surface area contributed by atoms with Crippen molar-refractivity contribution in [3.63, 3.8) is 0 Å². The van der Waals surface area contributed by atoms with Crippen LogP contribution in [0, 0.1) is 18.6 Å². The Kier molecular flexibility index (Phi) is 4.02. The summed E-state index contributed by atoms with van der Waals surface area (Å²) in [5.41, 5.74) is 0.612. The molecule has 0 saturated heterocycles. The minimum Gasteiger partial charge on any atom is -0.289 e. The van der Waals surface area contributed by atoms with Gasteiger partial charge in [0, 0.05) is 15.6 Å². The topological polar surface area (TPSA) is 17.1 Å². The second kappa shape index (κ2) is 5.39. The van der Waals surface area contributed by atoms with Gasteiger partial charge in [0.25, 0.3) is 0 Å². The Balaban J connectivity index is 2.53. The third kappa shape index (κ3) is 3.01. The summed E-state index contributed by atoms with van der Waals surface area (Å²) in [5, 5.41) is 0.00786. The zero-order chi connectivity index (χ0) is 14.2. The maximum Gasteiger partial charge on any atom is 0.194 e. The van der Waals surface area contributed by atoms with E-state index in [1.165, 1.54) is 25.1 Å². The van der Waals surface area contributed by atoms with Crippen LogP contribution in [0.2, 0.25) is 5.02 Å². The average Bonchev–Trinajstić information content (AvgIpc) is 2.31. The van der Waals surface area contributed by atoms with Gasteiger partial charge in [0.2, 0.25) is 0 Å². The summed E-state index contributed by atoms with van der Waals surface area (Å²) in [6, 6.07) is 6.29. The number of aryl methyl sites for hydroxylation is 1. The molecule has 0 radical (unpaired) electrons. The lowest BCUT2D eigenvalue weighted by Crippen LogP contribution is -2.04. The van der Waals surface area contributed by atoms with Gasteiger partial charge < -0.3 is 0 Å². The van der Waals surface area contributed by atoms with Crippen molar-refractivity contribution in [2.45, 2.75) is 6.92 Å². The zero-order valence-electron chi connectivity index (χ0n) is 9.81. The molecule has 0 N–H and O–H groups in total. The van der Waals surface area contributed by atoms with Gasteiger partial charge in [-0.25, -0.2) is 8.78 Å². The molecule has 0 aliphatic carbocycles. The Hall–Kier alpha value is -1.26. The molecule has 0 saturated carbocycles. The van der Waals surface area contributed by atoms with Crippen molar-refractivity contribution in [1.82, 2.24) is 0 Å². The van der Waals surface area contributed by atoms with Crippen LogP contribution in [0.3, 0.4) is 0 Å². The predicted molar refractivity (Wildman–Crippen MR) is 73.7 cm³/mol. The molecule has 0 amide bonds. The van der Waals surface area contributed by atoms with E-state index in [9.17, 15) is 13.6 Å². The highest BCUT2D eigenvalue weighted by Crippen LogP contribution is 2.25. The number of carbonyl (C=O) groups excluding carboxylic acids is 1. The Morgan fingerprint density at radius 3 is 2.47 bits per heavy atom. The molecule has 0 unspecified atom stereocenters. The number of rotatable bonds is 2. The second-order valence-corrected chi connectivity index (χ2v) is 5.39. The van der Waals surface area contributed by atoms with Crippen LogP contribution >= 0.6 is 27.5 Å². The fourth-order valence-electron chi connectivity index (χ4n) is 1.67. The lowest BCUT2D eigenvalue weighted by molar-refractivity contribution is 0.103. The maximum absolute atomic E-state index is 13.3. The maximum atomic E-state index is 13.3. The van der Waals surface area contributed by atoms with Gasteiger partial charge in [-0.1, -0.05) is 27.5 Å². The van der Waals surface area contributed by atoms with E-state index in [2.05, 4.69) is 15.9 Å². The fourth-order valence-corrected chi connectivity index (χ4v) is 2.37. The van der Waals surface area contributed by atoms with Crippen molar-refractivity contribution in [1.29, 1.82) is 0 Å². The largest absolute Gasteiger partial charge is 0.289 e. The molecule has 5 heteroatoms. The molecule has 98 valence electrons. The van der Waals surface area contributed by atoms with Crippen molar-refractivity contribution in [3.05, 3.63) is 68.2 Å². The molecule has 0 aromatic heterocycles. The van der Waals surface area contributed by atoms with Crippen LogP contribution in [0.5, 0.6) is 0 Å². The van der Waals surface area contributed by atoms with Gasteiger partial charge in [-0.3, -0.25) is 4.79 Å². The summed E-state index contributed by atoms with van der Waals surface area (Å²) in [6.07, 6.45) is 0. The molecule has 0 aliphatic rings. The van der Waals surface area contributed by atoms with Crippen LogP contribution in [0.1, 0.15) is 21.5 Å². The van der Waals surface area contributed by atoms with E-state index in [0.29, 0.717) is 10.0 Å². The molecule has 1 nitrogen and oxygen atoms in total. The lowest BCUT2D eigenvalue weighted by Gasteiger charge is -2.07. The first-order valence-electron chi connectivity index (χ1n) is 5.35. The number of hydrogen-bond acceptors (Lipinski definition) is 1. The molecule has 0 atom stereocenters. The van der Waals surface area contributed by atoms with Gasteiger partial charge in [0.05, 0.1) is 5.02 Å². The summed E-state index contributed by atoms with van der Waals surface area (Å²) in [7, 11) is 0. The van der Waals surface area contributed by atoms with E-state index < -0.39 is 17.4 Å². The van der Waals surface area contributed by atoms with Gasteiger partial charge in [0.15, 0.2) is 5.78 Å². The van der Waals surface area contributed by atoms with Crippen LogP contribution in [-0.4, -0.2) is 5.78 Å². The van der Waals surface area contributed by atoms with E-state index in [1.807, 2.05) is 0 Å². The highest BCUT2D eigenvalue weighted by molar-refractivity contribution is 9.10. The van der Waals surface area contributed by atoms with Gasteiger partial charge in [-0.05, 0) is 42.8 Å². The van der Waals surface area contributed by atoms with E-state index in [1.54, 1.807) is 0 Å². The Bertz CT molecular complexity index is 650. The minimum absolute atomic E-state index is 0.00786. The SMILES string of the molecule is Cc1cc(C(=O)c2cc(F)cc(Br)c2)c(Cl)cc1F. The first-order chi connectivity index (χ1) is 8.88. The molecule has 2 aromatic carbocycles. The summed E-state index contributed by atoms with van der Waals surface area (Å²) in [5.74, 6) is -1.47. The third-order valence-electron chi connectivity index (χ3n) is 2.62. The summed E-state index contributed by atoms with van der Waals surface area (Å²) in [6.45, 7) is 1.53. The highest BCUT2D eigenvalue weighted by atomic mass is 79.9. The standard InChI is InChI=1S/C14H8BrClF2O/c1-7-2-11(12(16)6-13(7)18)14(19)8-3-9(15)5-10(17)4-8/h2-6H,1H3. The first-order valence-corrected chi connectivity index (χ1v) is 6.52. The van der Waals surface area contributed by atoms with E-state index in [4.69, 9.17) is 11.6 Å². The van der Waals surface area contributed by atoms with Crippen LogP contribution in [-0.2, 0) is 0 Å². The smallest absolute Gasteiger partial charge is 0.194 e. The van der Waals surface area contributed by atoms with E-state index in [-0.39, 0.29) is 16.1 Å². The fraction of sp³-hybridized carbons (Fsp3) is 0.0714. The molecule has 0 heterocycles. The minimum atomic E-state index is -0.535. The Morgan fingerprint density at radius 2 is 1.84 bits per heavy atom. The first kappa shape index (κ1) is 14.2. The lowest BCUT2D eigenvalue weighted by atomic mass is 10.0. The number of carbonyl (C=O) groups is 1. The molecule has 2 rings (SSSR count). The van der Waals surface area contributed by atoms with E-state index >= 15 is 0 Å². The molecule has 19 heavy (non-hydrogen) atoms. The molecule has 0 fully saturated rings. The van der Waals surface area contributed by atoms with Gasteiger partial charge in [-0.15, -0.1) is 0 Å². The molecule has 2 aromatic rings. The van der Waals surface area contributed by atoms with Gasteiger partial charge in [0.1, 0.15) is 11.6 Å². The zero-order valence-corrected chi connectivity index (χ0v) is 12.1. The van der Waals surface area contributed by atoms with Crippen LogP contribution in [0.15, 0.2) is 34.8 Å². The summed E-state index contributed by atoms with van der Waals surface area (Å²) < 4.78 is 27.0. The van der Waals surface area contributed by atoms with Gasteiger partial charge in [-0.2, -0.15) is 0 Å². The molecule has 0 bridgehead atoms. The second-order valence-electron chi connectivity index (χ2n) is 4.07. The molecular formula is C14H8BrClF2O. The number of halogens is 4. The number of ketones is 1. The highest BCUT2D eigenvalue weighted by Gasteiger charge is 2.16. The van der Waals surface area contributed by atoms with Crippen molar-refractivity contribution in [2.75, 3.05) is 0 Å². The van der Waals surface area contributed by atoms with Gasteiger partial charge >= 0.3 is 0 Å². The predicted octanol–water partition coefficient (Wildman–Crippen LogP) is 4.92. The number of benzene rings is 2. The van der Waals surface area contributed by atoms with Crippen molar-refractivity contribution >= 4 is 33.3 Å². The average molecular weight is 346 g/mol. The Labute approximate surface area is 122 Å². The quantitative estimate of drug-likeness (QED) is 0.706. The molecular weight excluding hydrogens is 338 g/mol. The van der Waals surface area contributed by atoms with Crippen molar-refractivity contribution < 1.29 is 13.6 Å².